The summed E-state index contributed by atoms with van der Waals surface area (Å²) in [6.07, 6.45) is 0.841. The summed E-state index contributed by atoms with van der Waals surface area (Å²) in [5, 5.41) is 2.82. The van der Waals surface area contributed by atoms with Crippen LogP contribution in [0, 0.1) is 12.8 Å². The summed E-state index contributed by atoms with van der Waals surface area (Å²) in [7, 11) is 1.30. The summed E-state index contributed by atoms with van der Waals surface area (Å²) >= 11 is 0. The SMILES string of the molecule is CCC(C)C(N)C(=O)Nc1ccc(OCC(=O)OC)cc1C.Cl. The van der Waals surface area contributed by atoms with Crippen molar-refractivity contribution in [2.75, 3.05) is 19.0 Å². The number of ether oxygens (including phenoxy) is 2. The normalized spacial score (nSPS) is 12.6. The minimum Gasteiger partial charge on any atom is -0.482 e. The highest BCUT2D eigenvalue weighted by atomic mass is 35.5. The number of esters is 1. The Morgan fingerprint density at radius 1 is 1.35 bits per heavy atom. The second kappa shape index (κ2) is 10.1. The van der Waals surface area contributed by atoms with Crippen LogP contribution in [0.15, 0.2) is 18.2 Å². The van der Waals surface area contributed by atoms with E-state index in [4.69, 9.17) is 10.5 Å². The minimum absolute atomic E-state index is 0. The summed E-state index contributed by atoms with van der Waals surface area (Å²) in [4.78, 5) is 23.1. The Kier molecular flexibility index (Phi) is 9.29. The van der Waals surface area contributed by atoms with Crippen molar-refractivity contribution in [1.29, 1.82) is 0 Å². The number of nitrogens with one attached hydrogen (secondary N) is 1. The van der Waals surface area contributed by atoms with Gasteiger partial charge in [0.25, 0.3) is 0 Å². The fraction of sp³-hybridized carbons (Fsp3) is 0.500. The predicted octanol–water partition coefficient (Wildman–Crippen LogP) is 2.28. The molecule has 2 unspecified atom stereocenters. The number of methoxy groups -OCH3 is 1. The van der Waals surface area contributed by atoms with Crippen LogP contribution in [-0.2, 0) is 14.3 Å². The highest BCUT2D eigenvalue weighted by Crippen LogP contribution is 2.22. The van der Waals surface area contributed by atoms with Crippen LogP contribution in [-0.4, -0.2) is 31.6 Å². The Hall–Kier alpha value is -1.79. The molecule has 0 radical (unpaired) electrons. The van der Waals surface area contributed by atoms with E-state index < -0.39 is 12.0 Å². The Bertz CT molecular complexity index is 537. The topological polar surface area (TPSA) is 90.7 Å². The molecule has 0 heterocycles. The maximum absolute atomic E-state index is 12.1. The standard InChI is InChI=1S/C16H24N2O4.ClH/c1-5-10(2)15(17)16(20)18-13-7-6-12(8-11(13)3)22-9-14(19)21-4;/h6-8,10,15H,5,9,17H2,1-4H3,(H,18,20);1H. The lowest BCUT2D eigenvalue weighted by Crippen LogP contribution is -2.40. The van der Waals surface area contributed by atoms with E-state index in [-0.39, 0.29) is 30.8 Å². The smallest absolute Gasteiger partial charge is 0.343 e. The molecule has 0 aromatic heterocycles. The van der Waals surface area contributed by atoms with E-state index in [1.165, 1.54) is 7.11 Å². The monoisotopic (exact) mass is 344 g/mol. The van der Waals surface area contributed by atoms with E-state index >= 15 is 0 Å². The number of halogens is 1. The largest absolute Gasteiger partial charge is 0.482 e. The molecular formula is C16H25ClN2O4. The average Bonchev–Trinajstić information content (AvgIpc) is 2.52. The summed E-state index contributed by atoms with van der Waals surface area (Å²) in [6.45, 7) is 5.63. The van der Waals surface area contributed by atoms with Gasteiger partial charge < -0.3 is 20.5 Å². The molecular weight excluding hydrogens is 320 g/mol. The van der Waals surface area contributed by atoms with Gasteiger partial charge in [-0.2, -0.15) is 0 Å². The van der Waals surface area contributed by atoms with E-state index in [0.717, 1.165) is 12.0 Å². The number of aryl methyl sites for hydroxylation is 1. The van der Waals surface area contributed by atoms with E-state index in [1.54, 1.807) is 18.2 Å². The molecule has 1 rings (SSSR count). The first-order chi connectivity index (χ1) is 10.4. The lowest BCUT2D eigenvalue weighted by molar-refractivity contribution is -0.142. The summed E-state index contributed by atoms with van der Waals surface area (Å²) in [5.41, 5.74) is 7.41. The van der Waals surface area contributed by atoms with Gasteiger partial charge in [-0.15, -0.1) is 12.4 Å². The number of rotatable bonds is 7. The van der Waals surface area contributed by atoms with Crippen LogP contribution >= 0.6 is 12.4 Å². The Morgan fingerprint density at radius 2 is 2.00 bits per heavy atom. The van der Waals surface area contributed by atoms with Crippen molar-refractivity contribution in [3.63, 3.8) is 0 Å². The maximum Gasteiger partial charge on any atom is 0.343 e. The molecule has 0 aliphatic rings. The second-order valence-corrected chi connectivity index (χ2v) is 5.24. The Morgan fingerprint density at radius 3 is 2.52 bits per heavy atom. The highest BCUT2D eigenvalue weighted by molar-refractivity contribution is 5.95. The van der Waals surface area contributed by atoms with Gasteiger partial charge in [0, 0.05) is 5.69 Å². The zero-order valence-corrected chi connectivity index (χ0v) is 14.7. The molecule has 0 saturated heterocycles. The van der Waals surface area contributed by atoms with Crippen LogP contribution in [0.4, 0.5) is 5.69 Å². The molecule has 0 aliphatic heterocycles. The van der Waals surface area contributed by atoms with Crippen molar-refractivity contribution in [2.45, 2.75) is 33.2 Å². The Balaban J connectivity index is 0.00000484. The fourth-order valence-electron chi connectivity index (χ4n) is 1.80. The third kappa shape index (κ3) is 6.46. The van der Waals surface area contributed by atoms with Crippen LogP contribution in [0.3, 0.4) is 0 Å². The van der Waals surface area contributed by atoms with E-state index in [2.05, 4.69) is 10.1 Å². The molecule has 23 heavy (non-hydrogen) atoms. The number of nitrogens with two attached hydrogens (primary N) is 1. The molecule has 130 valence electrons. The third-order valence-electron chi connectivity index (χ3n) is 3.60. The lowest BCUT2D eigenvalue weighted by atomic mass is 9.99. The van der Waals surface area contributed by atoms with Crippen molar-refractivity contribution in [3.05, 3.63) is 23.8 Å². The molecule has 0 fully saturated rings. The molecule has 2 atom stereocenters. The van der Waals surface area contributed by atoms with Crippen LogP contribution in [0.1, 0.15) is 25.8 Å². The summed E-state index contributed by atoms with van der Waals surface area (Å²) in [5.74, 6) is -0.00895. The van der Waals surface area contributed by atoms with E-state index in [0.29, 0.717) is 11.4 Å². The second-order valence-electron chi connectivity index (χ2n) is 5.24. The molecule has 0 aliphatic carbocycles. The summed E-state index contributed by atoms with van der Waals surface area (Å²) < 4.78 is 9.79. The number of hydrogen-bond donors (Lipinski definition) is 2. The molecule has 0 bridgehead atoms. The zero-order chi connectivity index (χ0) is 16.7. The number of carbonyl (C=O) groups is 2. The van der Waals surface area contributed by atoms with Crippen molar-refractivity contribution in [1.82, 2.24) is 0 Å². The molecule has 7 heteroatoms. The molecule has 6 nitrogen and oxygen atoms in total. The van der Waals surface area contributed by atoms with Crippen molar-refractivity contribution >= 4 is 30.0 Å². The van der Waals surface area contributed by atoms with Gasteiger partial charge >= 0.3 is 5.97 Å². The first kappa shape index (κ1) is 21.2. The van der Waals surface area contributed by atoms with Crippen LogP contribution < -0.4 is 15.8 Å². The molecule has 1 aromatic rings. The van der Waals surface area contributed by atoms with Gasteiger partial charge in [-0.3, -0.25) is 4.79 Å². The number of amides is 1. The van der Waals surface area contributed by atoms with Crippen molar-refractivity contribution in [3.8, 4) is 5.75 Å². The Labute approximate surface area is 143 Å². The van der Waals surface area contributed by atoms with Gasteiger partial charge in [-0.05, 0) is 36.6 Å². The number of anilines is 1. The number of carbonyl (C=O) groups excluding carboxylic acids is 2. The van der Waals surface area contributed by atoms with Crippen molar-refractivity contribution in [2.24, 2.45) is 11.7 Å². The zero-order valence-electron chi connectivity index (χ0n) is 13.9. The van der Waals surface area contributed by atoms with Gasteiger partial charge in [0.1, 0.15) is 5.75 Å². The molecule has 3 N–H and O–H groups in total. The number of hydrogen-bond acceptors (Lipinski definition) is 5. The average molecular weight is 345 g/mol. The van der Waals surface area contributed by atoms with Gasteiger partial charge in [0.2, 0.25) is 5.91 Å². The number of benzene rings is 1. The van der Waals surface area contributed by atoms with E-state index in [1.807, 2.05) is 20.8 Å². The van der Waals surface area contributed by atoms with Crippen LogP contribution in [0.2, 0.25) is 0 Å². The first-order valence-corrected chi connectivity index (χ1v) is 7.25. The van der Waals surface area contributed by atoms with Crippen LogP contribution in [0.25, 0.3) is 0 Å². The minimum atomic E-state index is -0.542. The summed E-state index contributed by atoms with van der Waals surface area (Å²) in [6, 6.07) is 4.61. The van der Waals surface area contributed by atoms with Gasteiger partial charge in [-0.25, -0.2) is 4.79 Å². The lowest BCUT2D eigenvalue weighted by Gasteiger charge is -2.18. The first-order valence-electron chi connectivity index (χ1n) is 7.25. The molecule has 1 amide bonds. The predicted molar refractivity (Wildman–Crippen MR) is 92.0 cm³/mol. The van der Waals surface area contributed by atoms with Crippen LogP contribution in [0.5, 0.6) is 5.75 Å². The quantitative estimate of drug-likeness (QED) is 0.740. The van der Waals surface area contributed by atoms with Gasteiger partial charge in [0.05, 0.1) is 13.2 Å². The van der Waals surface area contributed by atoms with Gasteiger partial charge in [0.15, 0.2) is 6.61 Å². The fourth-order valence-corrected chi connectivity index (χ4v) is 1.80. The van der Waals surface area contributed by atoms with Crippen molar-refractivity contribution < 1.29 is 19.1 Å². The van der Waals surface area contributed by atoms with Gasteiger partial charge in [-0.1, -0.05) is 20.3 Å². The third-order valence-corrected chi connectivity index (χ3v) is 3.60. The highest BCUT2D eigenvalue weighted by Gasteiger charge is 2.20. The molecule has 0 spiro atoms. The van der Waals surface area contributed by atoms with E-state index in [9.17, 15) is 9.59 Å². The maximum atomic E-state index is 12.1. The molecule has 1 aromatic carbocycles. The molecule has 0 saturated carbocycles.